The van der Waals surface area contributed by atoms with E-state index in [0.29, 0.717) is 37.6 Å². The predicted molar refractivity (Wildman–Crippen MR) is 247 cm³/mol. The first-order chi connectivity index (χ1) is 29.4. The lowest BCUT2D eigenvalue weighted by Crippen LogP contribution is -2.14. The first-order valence-corrected chi connectivity index (χ1v) is 24.4. The number of rotatable bonds is 39. The van der Waals surface area contributed by atoms with Crippen LogP contribution >= 0.6 is 0 Å². The summed E-state index contributed by atoms with van der Waals surface area (Å²) in [5, 5.41) is 0. The number of hydrogen-bond acceptors (Lipinski definition) is 8. The predicted octanol–water partition coefficient (Wildman–Crippen LogP) is 14.2. The molecule has 2 aromatic carbocycles. The number of unbranched alkanes of at least 4 members (excludes halogenated alkanes) is 27. The largest absolute Gasteiger partial charge is 0.494 e. The Morgan fingerprint density at radius 1 is 0.350 bits per heavy atom. The summed E-state index contributed by atoms with van der Waals surface area (Å²) in [5.74, 6) is -0.132. The van der Waals surface area contributed by atoms with E-state index in [1.807, 2.05) is 0 Å². The molecule has 0 fully saturated rings. The Morgan fingerprint density at radius 2 is 0.617 bits per heavy atom. The van der Waals surface area contributed by atoms with E-state index in [9.17, 15) is 19.2 Å². The second-order valence-electron chi connectivity index (χ2n) is 16.6. The van der Waals surface area contributed by atoms with Crippen LogP contribution in [0.2, 0.25) is 0 Å². The summed E-state index contributed by atoms with van der Waals surface area (Å²) in [5.41, 5.74) is -0.822. The van der Waals surface area contributed by atoms with Gasteiger partial charge in [0.05, 0.1) is 13.2 Å². The van der Waals surface area contributed by atoms with Crippen LogP contribution in [-0.2, 0) is 9.59 Å². The van der Waals surface area contributed by atoms with Crippen LogP contribution in [0.3, 0.4) is 0 Å². The van der Waals surface area contributed by atoms with Gasteiger partial charge in [-0.3, -0.25) is 19.2 Å². The van der Waals surface area contributed by atoms with Crippen molar-refractivity contribution in [3.05, 3.63) is 69.0 Å². The fraction of sp³-hybridized carbons (Fsp3) is 0.692. The molecule has 8 nitrogen and oxygen atoms in total. The monoisotopic (exact) mass is 835 g/mol. The first-order valence-electron chi connectivity index (χ1n) is 24.4. The number of hydrogen-bond donors (Lipinski definition) is 0. The van der Waals surface area contributed by atoms with Crippen molar-refractivity contribution in [2.45, 2.75) is 219 Å². The molecule has 338 valence electrons. The molecule has 0 radical (unpaired) electrons. The molecule has 0 bridgehead atoms. The van der Waals surface area contributed by atoms with Gasteiger partial charge in [0.25, 0.3) is 0 Å². The van der Waals surface area contributed by atoms with E-state index in [4.69, 9.17) is 18.9 Å². The molecule has 0 amide bonds. The molecule has 0 saturated heterocycles. The lowest BCUT2D eigenvalue weighted by molar-refractivity contribution is -0.136. The average Bonchev–Trinajstić information content (AvgIpc) is 3.53. The minimum atomic E-state index is -0.560. The number of carbonyl (C=O) groups excluding carboxylic acids is 2. The van der Waals surface area contributed by atoms with E-state index in [1.54, 1.807) is 24.3 Å². The Hall–Kier alpha value is -3.68. The van der Waals surface area contributed by atoms with Crippen molar-refractivity contribution in [2.24, 2.45) is 0 Å². The smallest absolute Gasteiger partial charge is 0.311 e. The normalized spacial score (nSPS) is 11.0. The summed E-state index contributed by atoms with van der Waals surface area (Å²) in [7, 11) is 0. The van der Waals surface area contributed by atoms with Gasteiger partial charge in [-0.1, -0.05) is 181 Å². The summed E-state index contributed by atoms with van der Waals surface area (Å²) >= 11 is 0. The van der Waals surface area contributed by atoms with Crippen molar-refractivity contribution < 1.29 is 28.5 Å². The summed E-state index contributed by atoms with van der Waals surface area (Å²) in [6.07, 6.45) is 37.1. The number of carbonyl (C=O) groups is 2. The Labute approximate surface area is 363 Å². The first kappa shape index (κ1) is 52.5. The van der Waals surface area contributed by atoms with E-state index in [1.165, 1.54) is 178 Å². The molecule has 2 rings (SSSR count). The molecule has 0 aromatic heterocycles. The van der Waals surface area contributed by atoms with Gasteiger partial charge < -0.3 is 18.9 Å². The molecule has 0 heterocycles. The van der Waals surface area contributed by atoms with Crippen LogP contribution in [0.4, 0.5) is 0 Å². The molecule has 60 heavy (non-hydrogen) atoms. The molecule has 0 aliphatic rings. The summed E-state index contributed by atoms with van der Waals surface area (Å²) in [4.78, 5) is 50.0. The van der Waals surface area contributed by atoms with E-state index in [2.05, 4.69) is 13.8 Å². The molecular formula is C52H82O8. The topological polar surface area (TPSA) is 105 Å². The second kappa shape index (κ2) is 37.1. The Bertz CT molecular complexity index is 1400. The minimum Gasteiger partial charge on any atom is -0.494 e. The Balaban J connectivity index is 1.53. The van der Waals surface area contributed by atoms with E-state index >= 15 is 0 Å². The maximum absolute atomic E-state index is 12.5. The standard InChI is InChI=1S/C52H82O8/c1-3-5-7-9-11-13-15-17-19-21-23-25-27-31-43-57-45-35-39-47(53)49(41-37-45)59-51(55)33-29-30-34-52(56)60-50-42-38-46(36-40-48(50)54)58-44-32-28-26-24-22-20-18-16-14-12-10-8-6-4-2/h35-42H,3-34,43-44H2,1-2H3. The average molecular weight is 835 g/mol. The SMILES string of the molecule is CCCCCCCCCCCCCCCCOc1ccc(OC(=O)CCCCC(=O)Oc2ccc(OCCCCCCCCCCCCCCCC)ccc2=O)c(=O)cc1. The molecule has 0 spiro atoms. The summed E-state index contributed by atoms with van der Waals surface area (Å²) in [6, 6.07) is 12.1. The molecule has 0 unspecified atom stereocenters. The second-order valence-corrected chi connectivity index (χ2v) is 16.6. The molecule has 0 aliphatic heterocycles. The van der Waals surface area contributed by atoms with Gasteiger partial charge in [0.2, 0.25) is 10.9 Å². The maximum atomic E-state index is 12.5. The zero-order valence-corrected chi connectivity index (χ0v) is 37.9. The van der Waals surface area contributed by atoms with Gasteiger partial charge in [-0.15, -0.1) is 0 Å². The Morgan fingerprint density at radius 3 is 0.917 bits per heavy atom. The highest BCUT2D eigenvalue weighted by atomic mass is 16.5. The highest BCUT2D eigenvalue weighted by Crippen LogP contribution is 2.18. The van der Waals surface area contributed by atoms with Crippen LogP contribution in [0.1, 0.15) is 219 Å². The van der Waals surface area contributed by atoms with Gasteiger partial charge in [-0.2, -0.15) is 0 Å². The summed E-state index contributed by atoms with van der Waals surface area (Å²) < 4.78 is 22.4. The van der Waals surface area contributed by atoms with Crippen LogP contribution in [0.5, 0.6) is 23.0 Å². The maximum Gasteiger partial charge on any atom is 0.311 e. The number of ether oxygens (including phenoxy) is 4. The van der Waals surface area contributed by atoms with Crippen LogP contribution < -0.4 is 29.8 Å². The zero-order chi connectivity index (χ0) is 43.1. The third-order valence-corrected chi connectivity index (χ3v) is 11.1. The zero-order valence-electron chi connectivity index (χ0n) is 37.9. The molecule has 0 saturated carbocycles. The highest BCUT2D eigenvalue weighted by molar-refractivity contribution is 5.73. The third-order valence-electron chi connectivity index (χ3n) is 11.1. The fourth-order valence-corrected chi connectivity index (χ4v) is 7.29. The van der Waals surface area contributed by atoms with Gasteiger partial charge in [0, 0.05) is 12.8 Å². The van der Waals surface area contributed by atoms with Gasteiger partial charge in [0.1, 0.15) is 11.5 Å². The van der Waals surface area contributed by atoms with Gasteiger partial charge in [-0.25, -0.2) is 0 Å². The molecular weight excluding hydrogens is 753 g/mol. The quantitative estimate of drug-likeness (QED) is 0.0484. The van der Waals surface area contributed by atoms with Crippen LogP contribution in [0, 0.1) is 0 Å². The van der Waals surface area contributed by atoms with E-state index in [0.717, 1.165) is 25.7 Å². The van der Waals surface area contributed by atoms with Gasteiger partial charge in [-0.05, 0) is 74.2 Å². The van der Waals surface area contributed by atoms with E-state index < -0.39 is 22.8 Å². The molecule has 0 aliphatic carbocycles. The van der Waals surface area contributed by atoms with Crippen LogP contribution in [-0.4, -0.2) is 25.2 Å². The van der Waals surface area contributed by atoms with Crippen molar-refractivity contribution in [3.63, 3.8) is 0 Å². The molecule has 8 heteroatoms. The molecule has 0 atom stereocenters. The number of esters is 2. The van der Waals surface area contributed by atoms with Crippen LogP contribution in [0.15, 0.2) is 58.1 Å². The van der Waals surface area contributed by atoms with Crippen molar-refractivity contribution in [1.82, 2.24) is 0 Å². The Kier molecular flexibility index (Phi) is 32.4. The van der Waals surface area contributed by atoms with Gasteiger partial charge in [0.15, 0.2) is 11.5 Å². The van der Waals surface area contributed by atoms with Crippen molar-refractivity contribution in [1.29, 1.82) is 0 Å². The lowest BCUT2D eigenvalue weighted by Gasteiger charge is -2.05. The third kappa shape index (κ3) is 28.7. The van der Waals surface area contributed by atoms with Crippen molar-refractivity contribution in [3.8, 4) is 23.0 Å². The lowest BCUT2D eigenvalue weighted by atomic mass is 10.0. The van der Waals surface area contributed by atoms with Gasteiger partial charge >= 0.3 is 11.9 Å². The minimum absolute atomic E-state index is 0.0287. The van der Waals surface area contributed by atoms with Crippen molar-refractivity contribution >= 4 is 11.9 Å². The summed E-state index contributed by atoms with van der Waals surface area (Å²) in [6.45, 7) is 5.67. The van der Waals surface area contributed by atoms with Crippen LogP contribution in [0.25, 0.3) is 0 Å². The highest BCUT2D eigenvalue weighted by Gasteiger charge is 2.11. The fourth-order valence-electron chi connectivity index (χ4n) is 7.29. The molecule has 0 N–H and O–H groups in total. The molecule has 2 aromatic rings. The van der Waals surface area contributed by atoms with E-state index in [-0.39, 0.29) is 24.3 Å². The van der Waals surface area contributed by atoms with Crippen molar-refractivity contribution in [2.75, 3.05) is 13.2 Å².